The van der Waals surface area contributed by atoms with Gasteiger partial charge in [-0.25, -0.2) is 0 Å². The molecule has 0 heterocycles. The van der Waals surface area contributed by atoms with E-state index in [1.54, 1.807) is 0 Å². The summed E-state index contributed by atoms with van der Waals surface area (Å²) in [6.07, 6.45) is 2.91. The lowest BCUT2D eigenvalue weighted by Crippen LogP contribution is -2.15. The van der Waals surface area contributed by atoms with Crippen LogP contribution in [0.4, 0.5) is 11.4 Å². The minimum absolute atomic E-state index is 0.0662. The summed E-state index contributed by atoms with van der Waals surface area (Å²) in [5.74, 6) is -0.132. The molecule has 4 heteroatoms. The maximum atomic E-state index is 12.5. The molecule has 2 aliphatic carbocycles. The van der Waals surface area contributed by atoms with Gasteiger partial charge >= 0.3 is 0 Å². The minimum atomic E-state index is -0.0662. The molecule has 2 amide bonds. The van der Waals surface area contributed by atoms with Crippen LogP contribution >= 0.6 is 0 Å². The van der Waals surface area contributed by atoms with Crippen LogP contribution in [0.5, 0.6) is 0 Å². The number of benzene rings is 4. The molecule has 0 aromatic heterocycles. The predicted octanol–water partition coefficient (Wildman–Crippen LogP) is 6.58. The molecule has 0 aliphatic heterocycles. The minimum Gasteiger partial charge on any atom is -0.326 e. The molecule has 35 heavy (non-hydrogen) atoms. The van der Waals surface area contributed by atoms with Crippen LogP contribution in [-0.2, 0) is 22.4 Å². The van der Waals surface area contributed by atoms with Crippen molar-refractivity contribution in [3.63, 3.8) is 0 Å². The largest absolute Gasteiger partial charge is 0.326 e. The first-order valence-corrected chi connectivity index (χ1v) is 12.2. The number of carbonyl (C=O) groups is 2. The van der Waals surface area contributed by atoms with Crippen molar-refractivity contribution in [3.8, 4) is 22.3 Å². The Morgan fingerprint density at radius 2 is 0.971 bits per heavy atom. The van der Waals surface area contributed by atoms with Crippen LogP contribution in [0.15, 0.2) is 84.9 Å². The van der Waals surface area contributed by atoms with E-state index in [-0.39, 0.29) is 11.8 Å². The van der Waals surface area contributed by atoms with Crippen molar-refractivity contribution in [2.45, 2.75) is 32.1 Å². The number of rotatable bonds is 6. The Morgan fingerprint density at radius 1 is 0.543 bits per heavy atom. The number of hydrogen-bond acceptors (Lipinski definition) is 2. The van der Waals surface area contributed by atoms with Gasteiger partial charge in [0.25, 0.3) is 0 Å². The molecule has 0 radical (unpaired) electrons. The zero-order valence-corrected chi connectivity index (χ0v) is 19.4. The molecule has 0 saturated heterocycles. The van der Waals surface area contributed by atoms with Gasteiger partial charge in [-0.15, -0.1) is 0 Å². The predicted molar refractivity (Wildman–Crippen MR) is 140 cm³/mol. The average molecular weight is 459 g/mol. The Labute approximate surface area is 205 Å². The van der Waals surface area contributed by atoms with Crippen molar-refractivity contribution < 1.29 is 9.59 Å². The molecule has 172 valence electrons. The zero-order valence-electron chi connectivity index (χ0n) is 19.4. The van der Waals surface area contributed by atoms with Gasteiger partial charge in [-0.3, -0.25) is 9.59 Å². The molecular weight excluding hydrogens is 432 g/mol. The lowest BCUT2D eigenvalue weighted by molar-refractivity contribution is -0.117. The number of amides is 2. The van der Waals surface area contributed by atoms with Crippen LogP contribution < -0.4 is 10.6 Å². The molecule has 0 bridgehead atoms. The molecule has 0 spiro atoms. The molecule has 0 saturated carbocycles. The Balaban J connectivity index is 0.995. The number of carbonyl (C=O) groups excluding carboxylic acids is 2. The highest BCUT2D eigenvalue weighted by Crippen LogP contribution is 2.38. The first kappa shape index (κ1) is 21.4. The summed E-state index contributed by atoms with van der Waals surface area (Å²) in [5, 5.41) is 5.98. The zero-order chi connectivity index (χ0) is 23.8. The van der Waals surface area contributed by atoms with Crippen LogP contribution in [0, 0.1) is 0 Å². The number of hydrogen-bond donors (Lipinski definition) is 2. The highest BCUT2D eigenvalue weighted by molar-refractivity contribution is 5.94. The fourth-order valence-electron chi connectivity index (χ4n) is 5.30. The summed E-state index contributed by atoms with van der Waals surface area (Å²) in [4.78, 5) is 24.9. The molecule has 0 unspecified atom stereocenters. The molecule has 4 aromatic carbocycles. The summed E-state index contributed by atoms with van der Waals surface area (Å²) >= 11 is 0. The highest BCUT2D eigenvalue weighted by Gasteiger charge is 2.19. The molecule has 6 rings (SSSR count). The van der Waals surface area contributed by atoms with Gasteiger partial charge in [0.2, 0.25) is 11.8 Å². The number of fused-ring (bicyclic) bond motifs is 6. The van der Waals surface area contributed by atoms with Crippen molar-refractivity contribution in [3.05, 3.63) is 107 Å². The average Bonchev–Trinajstić information content (AvgIpc) is 3.41. The summed E-state index contributed by atoms with van der Waals surface area (Å²) < 4.78 is 0. The third-order valence-corrected chi connectivity index (χ3v) is 6.96. The van der Waals surface area contributed by atoms with Crippen LogP contribution in [0.1, 0.15) is 41.5 Å². The fraction of sp³-hybridized carbons (Fsp3) is 0.161. The second kappa shape index (κ2) is 8.88. The topological polar surface area (TPSA) is 58.2 Å². The lowest BCUT2D eigenvalue weighted by Gasteiger charge is -2.09. The van der Waals surface area contributed by atoms with Gasteiger partial charge < -0.3 is 10.6 Å². The molecule has 4 nitrogen and oxygen atoms in total. The van der Waals surface area contributed by atoms with Gasteiger partial charge in [-0.1, -0.05) is 60.7 Å². The van der Waals surface area contributed by atoms with E-state index in [4.69, 9.17) is 0 Å². The van der Waals surface area contributed by atoms with Crippen LogP contribution in [0.3, 0.4) is 0 Å². The van der Waals surface area contributed by atoms with E-state index in [0.29, 0.717) is 19.3 Å². The summed E-state index contributed by atoms with van der Waals surface area (Å²) in [6, 6.07) is 29.0. The van der Waals surface area contributed by atoms with Crippen LogP contribution in [0.2, 0.25) is 0 Å². The van der Waals surface area contributed by atoms with E-state index in [1.165, 1.54) is 44.5 Å². The highest BCUT2D eigenvalue weighted by atomic mass is 16.2. The maximum Gasteiger partial charge on any atom is 0.224 e. The number of anilines is 2. The first-order valence-electron chi connectivity index (χ1n) is 12.2. The molecule has 0 fully saturated rings. The normalized spacial score (nSPS) is 12.3. The quantitative estimate of drug-likeness (QED) is 0.296. The van der Waals surface area contributed by atoms with Gasteiger partial charge in [0.05, 0.1) is 0 Å². The maximum absolute atomic E-state index is 12.5. The number of nitrogens with one attached hydrogen (secondary N) is 2. The fourth-order valence-corrected chi connectivity index (χ4v) is 5.30. The van der Waals surface area contributed by atoms with Gasteiger partial charge in [-0.2, -0.15) is 0 Å². The summed E-state index contributed by atoms with van der Waals surface area (Å²) in [5.41, 5.74) is 11.8. The second-order valence-corrected chi connectivity index (χ2v) is 9.36. The van der Waals surface area contributed by atoms with E-state index >= 15 is 0 Å². The van der Waals surface area contributed by atoms with E-state index < -0.39 is 0 Å². The van der Waals surface area contributed by atoms with Gasteiger partial charge in [0, 0.05) is 24.2 Å². The first-order chi connectivity index (χ1) is 17.1. The van der Waals surface area contributed by atoms with Crippen molar-refractivity contribution in [1.29, 1.82) is 0 Å². The van der Waals surface area contributed by atoms with E-state index in [1.807, 2.05) is 12.1 Å². The molecular formula is C31H26N2O2. The van der Waals surface area contributed by atoms with Crippen LogP contribution in [0.25, 0.3) is 22.3 Å². The molecule has 0 atom stereocenters. The van der Waals surface area contributed by atoms with Crippen molar-refractivity contribution in [1.82, 2.24) is 0 Å². The van der Waals surface area contributed by atoms with Crippen LogP contribution in [-0.4, -0.2) is 11.8 Å². The molecule has 4 aromatic rings. The Morgan fingerprint density at radius 3 is 1.46 bits per heavy atom. The molecule has 2 aliphatic rings. The Hall–Kier alpha value is -4.18. The standard InChI is InChI=1S/C31H26N2O2/c34-30(32-24-12-14-28-22(18-24)16-20-6-1-3-8-26(20)28)10-5-11-31(35)33-25-13-15-29-23(19-25)17-21-7-2-4-9-27(21)29/h1-4,6-9,12-15,18-19H,5,10-11,16-17H2,(H,32,34)(H,33,35). The molecule has 2 N–H and O–H groups in total. The summed E-state index contributed by atoms with van der Waals surface area (Å²) in [6.45, 7) is 0. The van der Waals surface area contributed by atoms with Gasteiger partial charge in [-0.05, 0) is 88.0 Å². The van der Waals surface area contributed by atoms with E-state index in [0.717, 1.165) is 24.2 Å². The smallest absolute Gasteiger partial charge is 0.224 e. The van der Waals surface area contributed by atoms with Gasteiger partial charge in [0.15, 0.2) is 0 Å². The van der Waals surface area contributed by atoms with Crippen molar-refractivity contribution >= 4 is 23.2 Å². The monoisotopic (exact) mass is 458 g/mol. The Bertz CT molecular complexity index is 1360. The lowest BCUT2D eigenvalue weighted by atomic mass is 10.1. The van der Waals surface area contributed by atoms with E-state index in [9.17, 15) is 9.59 Å². The van der Waals surface area contributed by atoms with E-state index in [2.05, 4.69) is 83.4 Å². The third kappa shape index (κ3) is 4.24. The van der Waals surface area contributed by atoms with Gasteiger partial charge in [0.1, 0.15) is 0 Å². The van der Waals surface area contributed by atoms with Crippen molar-refractivity contribution in [2.24, 2.45) is 0 Å². The summed E-state index contributed by atoms with van der Waals surface area (Å²) in [7, 11) is 0. The second-order valence-electron chi connectivity index (χ2n) is 9.36. The Kier molecular flexibility index (Phi) is 5.42. The third-order valence-electron chi connectivity index (χ3n) is 6.96. The SMILES string of the molecule is O=C(CCCC(=O)Nc1ccc2c(c1)Cc1ccccc1-2)Nc1ccc2c(c1)Cc1ccccc1-2. The van der Waals surface area contributed by atoms with Crippen molar-refractivity contribution in [2.75, 3.05) is 10.6 Å².